The van der Waals surface area contributed by atoms with E-state index in [0.717, 1.165) is 25.7 Å². The van der Waals surface area contributed by atoms with Crippen molar-refractivity contribution in [3.05, 3.63) is 0 Å². The fourth-order valence-corrected chi connectivity index (χ4v) is 3.29. The first-order chi connectivity index (χ1) is 8.38. The summed E-state index contributed by atoms with van der Waals surface area (Å²) in [6, 6.07) is -0.367. The number of hydrogen-bond acceptors (Lipinski definition) is 2. The molecule has 2 atom stereocenters. The highest BCUT2D eigenvalue weighted by Gasteiger charge is 2.46. The second kappa shape index (κ2) is 6.33. The molecule has 0 aromatic rings. The topological polar surface area (TPSA) is 46.2 Å². The molecule has 1 fully saturated rings. The van der Waals surface area contributed by atoms with Crippen LogP contribution in [0.5, 0.6) is 0 Å². The van der Waals surface area contributed by atoms with Gasteiger partial charge < -0.3 is 10.8 Å². The fourth-order valence-electron chi connectivity index (χ4n) is 3.29. The number of aliphatic hydroxyl groups is 1. The van der Waals surface area contributed by atoms with Crippen molar-refractivity contribution < 1.29 is 9.50 Å². The number of hydrogen-bond donors (Lipinski definition) is 2. The van der Waals surface area contributed by atoms with E-state index in [2.05, 4.69) is 0 Å². The summed E-state index contributed by atoms with van der Waals surface area (Å²) >= 11 is 0. The summed E-state index contributed by atoms with van der Waals surface area (Å²) in [4.78, 5) is 0. The monoisotopic (exact) mass is 259 g/mol. The first-order valence-electron chi connectivity index (χ1n) is 7.55. The largest absolute Gasteiger partial charge is 0.388 e. The van der Waals surface area contributed by atoms with E-state index in [1.807, 2.05) is 20.8 Å². The summed E-state index contributed by atoms with van der Waals surface area (Å²) in [5.74, 6) is 0.166. The Kier molecular flexibility index (Phi) is 5.60. The zero-order valence-electron chi connectivity index (χ0n) is 12.2. The second-order valence-electron chi connectivity index (χ2n) is 6.15. The van der Waals surface area contributed by atoms with Gasteiger partial charge in [-0.1, -0.05) is 33.1 Å². The van der Waals surface area contributed by atoms with Crippen LogP contribution in [0.15, 0.2) is 0 Å². The maximum atomic E-state index is 14.6. The minimum Gasteiger partial charge on any atom is -0.388 e. The van der Waals surface area contributed by atoms with Crippen LogP contribution in [-0.4, -0.2) is 22.4 Å². The fraction of sp³-hybridized carbons (Fsp3) is 1.00. The van der Waals surface area contributed by atoms with Crippen LogP contribution in [0, 0.1) is 5.92 Å². The standard InChI is InChI=1S/C15H30FNO/c1-4-14(16,5-2)11-15(18,12(3)17)13-9-7-6-8-10-13/h12-13,18H,4-11,17H2,1-3H3/t12-,15+/m0/s1. The van der Waals surface area contributed by atoms with Crippen LogP contribution in [-0.2, 0) is 0 Å². The summed E-state index contributed by atoms with van der Waals surface area (Å²) in [6.45, 7) is 5.53. The molecule has 2 nitrogen and oxygen atoms in total. The SMILES string of the molecule is CCC(F)(CC)C[C@](O)(C1CCCCC1)[C@H](C)N. The van der Waals surface area contributed by atoms with Gasteiger partial charge in [-0.3, -0.25) is 0 Å². The van der Waals surface area contributed by atoms with E-state index < -0.39 is 11.3 Å². The Morgan fingerprint density at radius 2 is 1.72 bits per heavy atom. The maximum absolute atomic E-state index is 14.6. The zero-order chi connectivity index (χ0) is 13.8. The van der Waals surface area contributed by atoms with Crippen LogP contribution in [0.25, 0.3) is 0 Å². The Hall–Kier alpha value is -0.150. The highest BCUT2D eigenvalue weighted by molar-refractivity contribution is 4.99. The van der Waals surface area contributed by atoms with Gasteiger partial charge in [-0.2, -0.15) is 0 Å². The Morgan fingerprint density at radius 3 is 2.11 bits per heavy atom. The number of halogens is 1. The lowest BCUT2D eigenvalue weighted by molar-refractivity contribution is -0.0928. The van der Waals surface area contributed by atoms with Crippen LogP contribution in [0.3, 0.4) is 0 Å². The molecule has 0 aliphatic heterocycles. The van der Waals surface area contributed by atoms with Crippen LogP contribution in [0.2, 0.25) is 0 Å². The van der Waals surface area contributed by atoms with E-state index in [9.17, 15) is 9.50 Å². The highest BCUT2D eigenvalue weighted by atomic mass is 19.1. The third-order valence-electron chi connectivity index (χ3n) is 4.97. The molecule has 0 unspecified atom stereocenters. The van der Waals surface area contributed by atoms with Gasteiger partial charge in [-0.15, -0.1) is 0 Å². The molecular weight excluding hydrogens is 229 g/mol. The summed E-state index contributed by atoms with van der Waals surface area (Å²) in [5, 5.41) is 10.9. The smallest absolute Gasteiger partial charge is 0.113 e. The minimum absolute atomic E-state index is 0.166. The van der Waals surface area contributed by atoms with Crippen molar-refractivity contribution in [1.29, 1.82) is 0 Å². The molecule has 0 heterocycles. The summed E-state index contributed by atoms with van der Waals surface area (Å²) < 4.78 is 14.6. The third kappa shape index (κ3) is 3.45. The first kappa shape index (κ1) is 15.9. The molecule has 0 radical (unpaired) electrons. The number of alkyl halides is 1. The van der Waals surface area contributed by atoms with Gasteiger partial charge in [0.05, 0.1) is 5.60 Å². The molecule has 1 rings (SSSR count). The molecule has 3 N–H and O–H groups in total. The number of rotatable bonds is 6. The quantitative estimate of drug-likeness (QED) is 0.766. The molecule has 3 heteroatoms. The van der Waals surface area contributed by atoms with Gasteiger partial charge in [-0.05, 0) is 38.5 Å². The van der Waals surface area contributed by atoms with Crippen molar-refractivity contribution >= 4 is 0 Å². The second-order valence-corrected chi connectivity index (χ2v) is 6.15. The van der Waals surface area contributed by atoms with Gasteiger partial charge in [-0.25, -0.2) is 4.39 Å². The average Bonchev–Trinajstić information content (AvgIpc) is 2.39. The average molecular weight is 259 g/mol. The zero-order valence-corrected chi connectivity index (χ0v) is 12.2. The van der Waals surface area contributed by atoms with Crippen molar-refractivity contribution in [2.75, 3.05) is 0 Å². The van der Waals surface area contributed by atoms with E-state index in [1.54, 1.807) is 0 Å². The summed E-state index contributed by atoms with van der Waals surface area (Å²) in [5.41, 5.74) is 3.68. The van der Waals surface area contributed by atoms with E-state index in [4.69, 9.17) is 5.73 Å². The Balaban J connectivity index is 2.85. The van der Waals surface area contributed by atoms with Crippen molar-refractivity contribution in [1.82, 2.24) is 0 Å². The molecule has 108 valence electrons. The first-order valence-corrected chi connectivity index (χ1v) is 7.55. The lowest BCUT2D eigenvalue weighted by Crippen LogP contribution is -2.55. The van der Waals surface area contributed by atoms with Gasteiger partial charge in [0, 0.05) is 12.5 Å². The van der Waals surface area contributed by atoms with Crippen LogP contribution in [0.1, 0.15) is 72.1 Å². The van der Waals surface area contributed by atoms with Crippen LogP contribution in [0.4, 0.5) is 4.39 Å². The lowest BCUT2D eigenvalue weighted by Gasteiger charge is -2.44. The van der Waals surface area contributed by atoms with Crippen molar-refractivity contribution in [2.45, 2.75) is 89.4 Å². The van der Waals surface area contributed by atoms with E-state index >= 15 is 0 Å². The molecule has 0 aromatic heterocycles. The molecule has 0 spiro atoms. The Labute approximate surface area is 111 Å². The van der Waals surface area contributed by atoms with E-state index in [0.29, 0.717) is 12.8 Å². The van der Waals surface area contributed by atoms with E-state index in [-0.39, 0.29) is 18.4 Å². The third-order valence-corrected chi connectivity index (χ3v) is 4.97. The lowest BCUT2D eigenvalue weighted by atomic mass is 9.68. The molecule has 1 aliphatic carbocycles. The van der Waals surface area contributed by atoms with Crippen LogP contribution >= 0.6 is 0 Å². The predicted octanol–water partition coefficient (Wildman–Crippen LogP) is 3.56. The van der Waals surface area contributed by atoms with E-state index in [1.165, 1.54) is 6.42 Å². The highest BCUT2D eigenvalue weighted by Crippen LogP contribution is 2.41. The van der Waals surface area contributed by atoms with Crippen molar-refractivity contribution in [3.8, 4) is 0 Å². The Morgan fingerprint density at radius 1 is 1.22 bits per heavy atom. The van der Waals surface area contributed by atoms with Gasteiger partial charge >= 0.3 is 0 Å². The minimum atomic E-state index is -1.28. The molecular formula is C15H30FNO. The maximum Gasteiger partial charge on any atom is 0.113 e. The molecule has 1 aliphatic rings. The summed E-state index contributed by atoms with van der Waals surface area (Å²) in [6.07, 6.45) is 6.57. The van der Waals surface area contributed by atoms with Crippen molar-refractivity contribution in [2.24, 2.45) is 11.7 Å². The van der Waals surface area contributed by atoms with Gasteiger partial charge in [0.2, 0.25) is 0 Å². The normalized spacial score (nSPS) is 23.7. The van der Waals surface area contributed by atoms with Gasteiger partial charge in [0.15, 0.2) is 0 Å². The molecule has 0 bridgehead atoms. The van der Waals surface area contributed by atoms with Gasteiger partial charge in [0.25, 0.3) is 0 Å². The molecule has 0 saturated heterocycles. The van der Waals surface area contributed by atoms with Crippen LogP contribution < -0.4 is 5.73 Å². The molecule has 18 heavy (non-hydrogen) atoms. The molecule has 0 aromatic carbocycles. The Bertz CT molecular complexity index is 247. The van der Waals surface area contributed by atoms with Gasteiger partial charge in [0.1, 0.15) is 5.67 Å². The number of nitrogens with two attached hydrogens (primary N) is 1. The molecule has 0 amide bonds. The van der Waals surface area contributed by atoms with Crippen molar-refractivity contribution in [3.63, 3.8) is 0 Å². The molecule has 1 saturated carbocycles. The summed E-state index contributed by atoms with van der Waals surface area (Å²) in [7, 11) is 0. The predicted molar refractivity (Wildman–Crippen MR) is 74.2 cm³/mol.